The van der Waals surface area contributed by atoms with Crippen molar-refractivity contribution in [2.75, 3.05) is 6.61 Å². The average molecular weight is 1000 g/mol. The predicted molar refractivity (Wildman–Crippen MR) is 326 cm³/mol. The molecule has 0 fully saturated rings. The van der Waals surface area contributed by atoms with Gasteiger partial charge in [0.15, 0.2) is 0 Å². The maximum Gasteiger partial charge on any atom is 0.220 e. The maximum atomic E-state index is 12.5. The van der Waals surface area contributed by atoms with Gasteiger partial charge < -0.3 is 15.5 Å². The van der Waals surface area contributed by atoms with Gasteiger partial charge in [-0.3, -0.25) is 4.79 Å². The molecule has 0 saturated heterocycles. The molecule has 0 aliphatic rings. The van der Waals surface area contributed by atoms with E-state index in [-0.39, 0.29) is 12.5 Å². The molecular weight excluding hydrogens is 891 g/mol. The van der Waals surface area contributed by atoms with E-state index >= 15 is 0 Å². The lowest BCUT2D eigenvalue weighted by Gasteiger charge is -2.19. The molecule has 0 aromatic heterocycles. The molecule has 0 rings (SSSR count). The van der Waals surface area contributed by atoms with Crippen LogP contribution in [0.25, 0.3) is 0 Å². The number of unbranched alkanes of at least 4 members (excludes halogenated alkanes) is 22. The summed E-state index contributed by atoms with van der Waals surface area (Å²) in [6, 6.07) is -0.663. The molecule has 412 valence electrons. The second kappa shape index (κ2) is 62.3. The number of hydrogen-bond donors (Lipinski definition) is 3. The third-order valence-corrected chi connectivity index (χ3v) is 12.7. The average Bonchev–Trinajstić information content (AvgIpc) is 3.40. The molecule has 0 aliphatic carbocycles. The Morgan fingerprint density at radius 2 is 0.616 bits per heavy atom. The quantitative estimate of drug-likeness (QED) is 0.0420. The highest BCUT2D eigenvalue weighted by molar-refractivity contribution is 5.76. The molecule has 1 amide bonds. The van der Waals surface area contributed by atoms with Crippen LogP contribution in [0.3, 0.4) is 0 Å². The summed E-state index contributed by atoms with van der Waals surface area (Å²) in [5, 5.41) is 23.1. The lowest BCUT2D eigenvalue weighted by molar-refractivity contribution is -0.123. The van der Waals surface area contributed by atoms with Crippen LogP contribution in [-0.4, -0.2) is 34.9 Å². The maximum absolute atomic E-state index is 12.5. The first-order valence-corrected chi connectivity index (χ1v) is 30.2. The summed E-state index contributed by atoms with van der Waals surface area (Å²) in [5.41, 5.74) is 0. The van der Waals surface area contributed by atoms with Crippen molar-refractivity contribution in [3.05, 3.63) is 158 Å². The normalized spacial score (nSPS) is 14.0. The molecule has 0 heterocycles. The van der Waals surface area contributed by atoms with Crippen LogP contribution >= 0.6 is 0 Å². The Balaban J connectivity index is 3.68. The van der Waals surface area contributed by atoms with Crippen molar-refractivity contribution in [3.8, 4) is 0 Å². The summed E-state index contributed by atoms with van der Waals surface area (Å²) >= 11 is 0. The smallest absolute Gasteiger partial charge is 0.220 e. The number of rotatable bonds is 53. The molecule has 0 radical (unpaired) electrons. The van der Waals surface area contributed by atoms with E-state index in [1.165, 1.54) is 116 Å². The van der Waals surface area contributed by atoms with E-state index in [2.05, 4.69) is 165 Å². The van der Waals surface area contributed by atoms with Crippen LogP contribution in [0.15, 0.2) is 158 Å². The standard InChI is InChI=1S/C69H113NO3/c1-3-5-7-9-11-13-15-17-19-21-23-25-27-28-29-30-31-32-33-34-35-36-37-38-39-40-41-42-43-45-47-49-51-53-55-57-59-61-63-65-69(73)70-67(66-71)68(72)64-62-60-58-56-54-52-50-48-46-44-26-24-22-20-18-16-14-12-10-8-6-4-2/h5,7,11,13,17,19,23,25,28-29,31-32,34-35,37-38,40-41,43,45-46,48,54,56,62,64,67-68,71-72H,3-4,6,8-10,12,14-16,18,20-22,24,26-27,30,33,36,39,42,44,47,49-53,55,57-61,63,65-66H2,1-2H3,(H,70,73)/b7-5-,13-11-,19-17-,25-23-,29-28-,32-31-,35-34-,38-37-,41-40-,45-43-,48-46+,56-54+,64-62+. The molecule has 0 saturated carbocycles. The second-order valence-electron chi connectivity index (χ2n) is 19.7. The highest BCUT2D eigenvalue weighted by Crippen LogP contribution is 2.14. The summed E-state index contributed by atoms with van der Waals surface area (Å²) in [6.07, 6.45) is 99.8. The van der Waals surface area contributed by atoms with Crippen molar-refractivity contribution in [1.82, 2.24) is 5.32 Å². The second-order valence-corrected chi connectivity index (χ2v) is 19.7. The van der Waals surface area contributed by atoms with E-state index in [1.54, 1.807) is 6.08 Å². The van der Waals surface area contributed by atoms with Crippen LogP contribution < -0.4 is 5.32 Å². The zero-order valence-corrected chi connectivity index (χ0v) is 47.3. The lowest BCUT2D eigenvalue weighted by atomic mass is 10.0. The van der Waals surface area contributed by atoms with E-state index < -0.39 is 12.1 Å². The Hall–Kier alpha value is -3.99. The summed E-state index contributed by atoms with van der Waals surface area (Å²) < 4.78 is 0. The lowest BCUT2D eigenvalue weighted by Crippen LogP contribution is -2.45. The summed E-state index contributed by atoms with van der Waals surface area (Å²) in [6.45, 7) is 4.17. The molecule has 2 unspecified atom stereocenters. The zero-order chi connectivity index (χ0) is 52.7. The van der Waals surface area contributed by atoms with Crippen molar-refractivity contribution in [2.45, 2.75) is 264 Å². The minimum Gasteiger partial charge on any atom is -0.394 e. The SMILES string of the molecule is CC/C=C\C/C=C\C/C=C\C/C=C\C/C=C\C/C=C\C/C=C\C/C=C\C/C=C\C/C=C\CCCCCCCCCCC(=O)NC(CO)C(O)/C=C/CC/C=C/CC/C=C/CCCCCCCCCCCCCC. The predicted octanol–water partition coefficient (Wildman–Crippen LogP) is 20.5. The number of carbonyl (C=O) groups is 1. The first-order valence-electron chi connectivity index (χ1n) is 30.2. The summed E-state index contributed by atoms with van der Waals surface area (Å²) in [7, 11) is 0. The highest BCUT2D eigenvalue weighted by atomic mass is 16.3. The Kier molecular flexibility index (Phi) is 58.9. The van der Waals surface area contributed by atoms with Gasteiger partial charge in [-0.15, -0.1) is 0 Å². The molecule has 0 aliphatic heterocycles. The minimum absolute atomic E-state index is 0.0923. The van der Waals surface area contributed by atoms with Gasteiger partial charge in [0.05, 0.1) is 18.8 Å². The Morgan fingerprint density at radius 3 is 0.959 bits per heavy atom. The molecule has 0 spiro atoms. The van der Waals surface area contributed by atoms with Crippen molar-refractivity contribution in [3.63, 3.8) is 0 Å². The van der Waals surface area contributed by atoms with Gasteiger partial charge in [-0.25, -0.2) is 0 Å². The third kappa shape index (κ3) is 58.8. The topological polar surface area (TPSA) is 69.6 Å². The van der Waals surface area contributed by atoms with Crippen LogP contribution in [0.1, 0.15) is 251 Å². The van der Waals surface area contributed by atoms with Crippen LogP contribution in [-0.2, 0) is 4.79 Å². The molecule has 73 heavy (non-hydrogen) atoms. The number of amides is 1. The van der Waals surface area contributed by atoms with Crippen LogP contribution in [0.2, 0.25) is 0 Å². The summed E-state index contributed by atoms with van der Waals surface area (Å²) in [5.74, 6) is -0.0923. The molecule has 0 bridgehead atoms. The van der Waals surface area contributed by atoms with Gasteiger partial charge in [0.2, 0.25) is 5.91 Å². The van der Waals surface area contributed by atoms with Gasteiger partial charge >= 0.3 is 0 Å². The molecular formula is C69H113NO3. The van der Waals surface area contributed by atoms with Crippen LogP contribution in [0, 0.1) is 0 Å². The fourth-order valence-electron chi connectivity index (χ4n) is 8.18. The Bertz CT molecular complexity index is 1560. The number of nitrogens with one attached hydrogen (secondary N) is 1. The van der Waals surface area contributed by atoms with E-state index in [1.807, 2.05) is 6.08 Å². The fraction of sp³-hybridized carbons (Fsp3) is 0.609. The van der Waals surface area contributed by atoms with E-state index in [9.17, 15) is 15.0 Å². The highest BCUT2D eigenvalue weighted by Gasteiger charge is 2.18. The number of carbonyl (C=O) groups excluding carboxylic acids is 1. The Morgan fingerprint density at radius 1 is 0.342 bits per heavy atom. The van der Waals surface area contributed by atoms with Gasteiger partial charge in [-0.1, -0.05) is 281 Å². The van der Waals surface area contributed by atoms with Crippen LogP contribution in [0.5, 0.6) is 0 Å². The number of allylic oxidation sites excluding steroid dienone is 25. The van der Waals surface area contributed by atoms with Crippen molar-refractivity contribution in [1.29, 1.82) is 0 Å². The van der Waals surface area contributed by atoms with Crippen LogP contribution in [0.4, 0.5) is 0 Å². The monoisotopic (exact) mass is 1000 g/mol. The Labute approximate surface area is 452 Å². The number of aliphatic hydroxyl groups excluding tert-OH is 2. The van der Waals surface area contributed by atoms with Gasteiger partial charge in [-0.05, 0) is 122 Å². The molecule has 4 nitrogen and oxygen atoms in total. The van der Waals surface area contributed by atoms with E-state index in [4.69, 9.17) is 0 Å². The third-order valence-electron chi connectivity index (χ3n) is 12.7. The van der Waals surface area contributed by atoms with E-state index in [0.29, 0.717) is 6.42 Å². The fourth-order valence-corrected chi connectivity index (χ4v) is 8.18. The van der Waals surface area contributed by atoms with Crippen molar-refractivity contribution < 1.29 is 15.0 Å². The van der Waals surface area contributed by atoms with Crippen molar-refractivity contribution in [2.24, 2.45) is 0 Å². The van der Waals surface area contributed by atoms with Gasteiger partial charge in [0, 0.05) is 6.42 Å². The molecule has 4 heteroatoms. The first kappa shape index (κ1) is 69.0. The zero-order valence-electron chi connectivity index (χ0n) is 47.3. The first-order chi connectivity index (χ1) is 36.2. The summed E-state index contributed by atoms with van der Waals surface area (Å²) in [4.78, 5) is 12.5. The molecule has 0 aromatic rings. The number of aliphatic hydroxyl groups is 2. The van der Waals surface area contributed by atoms with E-state index in [0.717, 1.165) is 116 Å². The number of hydrogen-bond acceptors (Lipinski definition) is 3. The van der Waals surface area contributed by atoms with Gasteiger partial charge in [0.1, 0.15) is 0 Å². The van der Waals surface area contributed by atoms with Gasteiger partial charge in [0.25, 0.3) is 0 Å². The van der Waals surface area contributed by atoms with Crippen molar-refractivity contribution >= 4 is 5.91 Å². The minimum atomic E-state index is -0.886. The van der Waals surface area contributed by atoms with Gasteiger partial charge in [-0.2, -0.15) is 0 Å². The largest absolute Gasteiger partial charge is 0.394 e. The molecule has 0 aromatic carbocycles. The molecule has 3 N–H and O–H groups in total. The molecule has 2 atom stereocenters.